The molecule has 0 saturated carbocycles. The molecule has 21 heavy (non-hydrogen) atoms. The second-order valence-electron chi connectivity index (χ2n) is 5.55. The molecule has 2 rings (SSSR count). The molecule has 0 spiro atoms. The summed E-state index contributed by atoms with van der Waals surface area (Å²) in [4.78, 5) is 4.78. The van der Waals surface area contributed by atoms with E-state index < -0.39 is 0 Å². The fraction of sp³-hybridized carbons (Fsp3) is 0.625. The molecule has 1 aromatic rings. The predicted octanol–water partition coefficient (Wildman–Crippen LogP) is 2.02. The summed E-state index contributed by atoms with van der Waals surface area (Å²) in [7, 11) is 5.24. The van der Waals surface area contributed by atoms with Gasteiger partial charge in [-0.3, -0.25) is 0 Å². The Kier molecular flexibility index (Phi) is 5.82. The molecule has 1 fully saturated rings. The van der Waals surface area contributed by atoms with Gasteiger partial charge in [0.15, 0.2) is 11.5 Å². The van der Waals surface area contributed by atoms with Gasteiger partial charge in [-0.15, -0.1) is 0 Å². The number of rotatable bonds is 6. The van der Waals surface area contributed by atoms with Crippen LogP contribution >= 0.6 is 0 Å². The highest BCUT2D eigenvalue weighted by molar-refractivity contribution is 5.43. The number of likely N-dealkylation sites (N-methyl/N-ethyl adjacent to an activating group) is 1. The molecule has 0 amide bonds. The summed E-state index contributed by atoms with van der Waals surface area (Å²) in [6.45, 7) is 5.45. The van der Waals surface area contributed by atoms with Crippen LogP contribution in [0.2, 0.25) is 0 Å². The molecule has 0 radical (unpaired) electrons. The maximum Gasteiger partial charge on any atom is 0.163 e. The van der Waals surface area contributed by atoms with Gasteiger partial charge < -0.3 is 19.3 Å². The minimum atomic E-state index is -0.217. The van der Waals surface area contributed by atoms with E-state index in [0.717, 1.165) is 45.6 Å². The second-order valence-corrected chi connectivity index (χ2v) is 5.55. The number of methoxy groups -OCH3 is 2. The van der Waals surface area contributed by atoms with E-state index in [-0.39, 0.29) is 5.82 Å². The van der Waals surface area contributed by atoms with Gasteiger partial charge in [0.2, 0.25) is 0 Å². The van der Waals surface area contributed by atoms with Gasteiger partial charge in [-0.25, -0.2) is 4.39 Å². The average molecular weight is 296 g/mol. The van der Waals surface area contributed by atoms with Gasteiger partial charge in [-0.05, 0) is 38.1 Å². The van der Waals surface area contributed by atoms with Crippen molar-refractivity contribution >= 4 is 0 Å². The van der Waals surface area contributed by atoms with E-state index in [0.29, 0.717) is 17.1 Å². The van der Waals surface area contributed by atoms with E-state index in [2.05, 4.69) is 16.8 Å². The molecule has 1 heterocycles. The Balaban J connectivity index is 1.88. The summed E-state index contributed by atoms with van der Waals surface area (Å²) in [6, 6.07) is 3.15. The number of halogens is 1. The fourth-order valence-corrected chi connectivity index (χ4v) is 2.65. The van der Waals surface area contributed by atoms with Crippen molar-refractivity contribution in [2.45, 2.75) is 12.8 Å². The Morgan fingerprint density at radius 1 is 1.05 bits per heavy atom. The monoisotopic (exact) mass is 296 g/mol. The van der Waals surface area contributed by atoms with Crippen LogP contribution in [0.15, 0.2) is 12.1 Å². The van der Waals surface area contributed by atoms with Crippen LogP contribution in [0.4, 0.5) is 4.39 Å². The summed E-state index contributed by atoms with van der Waals surface area (Å²) < 4.78 is 24.4. The van der Waals surface area contributed by atoms with Crippen molar-refractivity contribution in [1.29, 1.82) is 0 Å². The van der Waals surface area contributed by atoms with Gasteiger partial charge in [0.1, 0.15) is 5.82 Å². The highest BCUT2D eigenvalue weighted by Gasteiger charge is 2.14. The first-order valence-corrected chi connectivity index (χ1v) is 7.45. The number of benzene rings is 1. The van der Waals surface area contributed by atoms with Crippen LogP contribution in [0, 0.1) is 5.82 Å². The summed E-state index contributed by atoms with van der Waals surface area (Å²) in [5, 5.41) is 0. The number of nitrogens with zero attached hydrogens (tertiary/aromatic N) is 2. The predicted molar refractivity (Wildman–Crippen MR) is 81.8 cm³/mol. The van der Waals surface area contributed by atoms with E-state index >= 15 is 0 Å². The Hall–Kier alpha value is -1.33. The molecule has 1 saturated heterocycles. The first-order chi connectivity index (χ1) is 10.1. The molecule has 1 aliphatic heterocycles. The van der Waals surface area contributed by atoms with Crippen molar-refractivity contribution < 1.29 is 13.9 Å². The van der Waals surface area contributed by atoms with E-state index in [1.807, 2.05) is 0 Å². The molecule has 5 heteroatoms. The van der Waals surface area contributed by atoms with Crippen LogP contribution < -0.4 is 9.47 Å². The van der Waals surface area contributed by atoms with Gasteiger partial charge in [0.25, 0.3) is 0 Å². The molecule has 0 aromatic heterocycles. The lowest BCUT2D eigenvalue weighted by Crippen LogP contribution is -2.44. The van der Waals surface area contributed by atoms with Gasteiger partial charge in [0, 0.05) is 32.2 Å². The summed E-state index contributed by atoms with van der Waals surface area (Å²) in [6.07, 6.45) is 1.68. The molecule has 118 valence electrons. The zero-order chi connectivity index (χ0) is 15.2. The van der Waals surface area contributed by atoms with Gasteiger partial charge in [-0.1, -0.05) is 0 Å². The lowest BCUT2D eigenvalue weighted by molar-refractivity contribution is 0.153. The number of ether oxygens (including phenoxy) is 2. The quantitative estimate of drug-likeness (QED) is 0.802. The lowest BCUT2D eigenvalue weighted by atomic mass is 10.1. The van der Waals surface area contributed by atoms with Gasteiger partial charge >= 0.3 is 0 Å². The smallest absolute Gasteiger partial charge is 0.163 e. The maximum atomic E-state index is 14.0. The Morgan fingerprint density at radius 2 is 1.67 bits per heavy atom. The third kappa shape index (κ3) is 4.32. The van der Waals surface area contributed by atoms with E-state index in [9.17, 15) is 4.39 Å². The summed E-state index contributed by atoms with van der Waals surface area (Å²) >= 11 is 0. The number of hydrogen-bond acceptors (Lipinski definition) is 4. The van der Waals surface area contributed by atoms with Crippen LogP contribution in [0.5, 0.6) is 11.5 Å². The standard InChI is InChI=1S/C16H25FN2O2/c1-18-7-9-19(10-8-18)6-4-5-13-11-15(20-2)16(21-3)12-14(13)17/h11-12H,4-10H2,1-3H3. The summed E-state index contributed by atoms with van der Waals surface area (Å²) in [5.74, 6) is 0.817. The molecular formula is C16H25FN2O2. The van der Waals surface area contributed by atoms with Crippen molar-refractivity contribution in [2.75, 3.05) is 54.0 Å². The van der Waals surface area contributed by atoms with Crippen LogP contribution in [-0.2, 0) is 6.42 Å². The number of aryl methyl sites for hydroxylation is 1. The van der Waals surface area contributed by atoms with Crippen molar-refractivity contribution in [3.05, 3.63) is 23.5 Å². The van der Waals surface area contributed by atoms with Crippen LogP contribution in [0.3, 0.4) is 0 Å². The van der Waals surface area contributed by atoms with Crippen molar-refractivity contribution in [1.82, 2.24) is 9.80 Å². The fourth-order valence-electron chi connectivity index (χ4n) is 2.65. The normalized spacial score (nSPS) is 17.0. The highest BCUT2D eigenvalue weighted by atomic mass is 19.1. The van der Waals surface area contributed by atoms with E-state index in [1.54, 1.807) is 13.2 Å². The van der Waals surface area contributed by atoms with E-state index in [1.165, 1.54) is 13.2 Å². The third-order valence-corrected chi connectivity index (χ3v) is 4.07. The van der Waals surface area contributed by atoms with Crippen LogP contribution in [0.25, 0.3) is 0 Å². The van der Waals surface area contributed by atoms with Crippen molar-refractivity contribution in [3.8, 4) is 11.5 Å². The number of piperazine rings is 1. The molecule has 0 bridgehead atoms. The molecule has 0 unspecified atom stereocenters. The SMILES string of the molecule is COc1cc(F)c(CCCN2CCN(C)CC2)cc1OC. The molecular weight excluding hydrogens is 271 g/mol. The number of hydrogen-bond donors (Lipinski definition) is 0. The topological polar surface area (TPSA) is 24.9 Å². The zero-order valence-electron chi connectivity index (χ0n) is 13.2. The minimum Gasteiger partial charge on any atom is -0.493 e. The van der Waals surface area contributed by atoms with Crippen LogP contribution in [0.1, 0.15) is 12.0 Å². The molecule has 4 nitrogen and oxygen atoms in total. The Morgan fingerprint density at radius 3 is 2.29 bits per heavy atom. The third-order valence-electron chi connectivity index (χ3n) is 4.07. The Labute approximate surface area is 126 Å². The molecule has 0 aliphatic carbocycles. The maximum absolute atomic E-state index is 14.0. The molecule has 1 aliphatic rings. The average Bonchev–Trinajstić information content (AvgIpc) is 2.50. The molecule has 1 aromatic carbocycles. The molecule has 0 N–H and O–H groups in total. The Bertz CT molecular complexity index is 460. The van der Waals surface area contributed by atoms with Crippen molar-refractivity contribution in [3.63, 3.8) is 0 Å². The summed E-state index contributed by atoms with van der Waals surface area (Å²) in [5.41, 5.74) is 0.696. The van der Waals surface area contributed by atoms with Crippen molar-refractivity contribution in [2.24, 2.45) is 0 Å². The van der Waals surface area contributed by atoms with Gasteiger partial charge in [-0.2, -0.15) is 0 Å². The zero-order valence-corrected chi connectivity index (χ0v) is 13.2. The second kappa shape index (κ2) is 7.61. The highest BCUT2D eigenvalue weighted by Crippen LogP contribution is 2.30. The van der Waals surface area contributed by atoms with E-state index in [4.69, 9.17) is 9.47 Å². The van der Waals surface area contributed by atoms with Gasteiger partial charge in [0.05, 0.1) is 14.2 Å². The first kappa shape index (κ1) is 16.0. The molecule has 0 atom stereocenters. The largest absolute Gasteiger partial charge is 0.493 e. The van der Waals surface area contributed by atoms with Crippen LogP contribution in [-0.4, -0.2) is 63.8 Å². The minimum absolute atomic E-state index is 0.217. The lowest BCUT2D eigenvalue weighted by Gasteiger charge is -2.32. The first-order valence-electron chi connectivity index (χ1n) is 7.45.